The van der Waals surface area contributed by atoms with E-state index in [9.17, 15) is 28.8 Å². The van der Waals surface area contributed by atoms with Crippen LogP contribution in [-0.2, 0) is 28.8 Å². The quantitative estimate of drug-likeness (QED) is 0.0820. The molecule has 15 nitrogen and oxygen atoms in total. The van der Waals surface area contributed by atoms with Crippen LogP contribution >= 0.6 is 0 Å². The SMILES string of the molecule is CCCC(NC(=O)[C@@H]1[C@H]2CCC[C@H]2CN1C(=O)[C@@H](NC(=O)[C@@H](NC(=O)CCCCC1=NNNN1)C(C)C)C(C)C)C(=O)C(=O)N[C@H](C)c1ccccc1. The van der Waals surface area contributed by atoms with Crippen molar-refractivity contribution in [3.63, 3.8) is 0 Å². The van der Waals surface area contributed by atoms with Crippen molar-refractivity contribution in [2.24, 2.45) is 28.8 Å². The molecule has 0 radical (unpaired) electrons. The zero-order chi connectivity index (χ0) is 38.7. The van der Waals surface area contributed by atoms with Crippen molar-refractivity contribution in [1.82, 2.24) is 42.7 Å². The van der Waals surface area contributed by atoms with E-state index in [0.717, 1.165) is 37.1 Å². The van der Waals surface area contributed by atoms with Crippen molar-refractivity contribution in [2.45, 2.75) is 130 Å². The molecule has 1 aromatic carbocycles. The zero-order valence-electron chi connectivity index (χ0n) is 32.0. The molecule has 0 bridgehead atoms. The molecule has 292 valence electrons. The number of carbonyl (C=O) groups is 6. The maximum absolute atomic E-state index is 14.4. The van der Waals surface area contributed by atoms with Crippen molar-refractivity contribution < 1.29 is 28.8 Å². The third-order valence-corrected chi connectivity index (χ3v) is 10.5. The van der Waals surface area contributed by atoms with Gasteiger partial charge in [0.2, 0.25) is 29.4 Å². The van der Waals surface area contributed by atoms with Gasteiger partial charge in [-0.1, -0.05) is 77.8 Å². The van der Waals surface area contributed by atoms with Gasteiger partial charge in [-0.25, -0.2) is 5.53 Å². The number of likely N-dealkylation sites (tertiary alicyclic amines) is 1. The molecule has 7 N–H and O–H groups in total. The van der Waals surface area contributed by atoms with E-state index >= 15 is 0 Å². The zero-order valence-corrected chi connectivity index (χ0v) is 32.0. The molecule has 4 rings (SSSR count). The molecule has 2 fully saturated rings. The summed E-state index contributed by atoms with van der Waals surface area (Å²) in [5.74, 6) is -2.88. The monoisotopic (exact) mass is 737 g/mol. The number of Topliss-reactive ketones (excluding diaryl/α,β-unsaturated/α-hetero) is 1. The van der Waals surface area contributed by atoms with Gasteiger partial charge in [-0.15, -0.1) is 10.6 Å². The number of fused-ring (bicyclic) bond motifs is 1. The van der Waals surface area contributed by atoms with Gasteiger partial charge in [0.1, 0.15) is 24.0 Å². The van der Waals surface area contributed by atoms with E-state index in [2.05, 4.69) is 42.9 Å². The summed E-state index contributed by atoms with van der Waals surface area (Å²) in [5, 5.41) is 15.4. The number of ketones is 1. The number of amides is 5. The lowest BCUT2D eigenvalue weighted by Crippen LogP contribution is -2.60. The molecule has 1 unspecified atom stereocenters. The van der Waals surface area contributed by atoms with Gasteiger partial charge in [0, 0.05) is 19.4 Å². The van der Waals surface area contributed by atoms with Gasteiger partial charge in [0.05, 0.1) is 12.1 Å². The topological polar surface area (TPSA) is 202 Å². The molecule has 2 heterocycles. The van der Waals surface area contributed by atoms with Crippen LogP contribution < -0.4 is 37.8 Å². The van der Waals surface area contributed by atoms with Crippen LogP contribution in [0.1, 0.15) is 111 Å². The van der Waals surface area contributed by atoms with Crippen molar-refractivity contribution in [3.8, 4) is 0 Å². The van der Waals surface area contributed by atoms with E-state index < -0.39 is 53.7 Å². The number of nitrogens with one attached hydrogen (secondary N) is 7. The van der Waals surface area contributed by atoms with Gasteiger partial charge < -0.3 is 26.2 Å². The summed E-state index contributed by atoms with van der Waals surface area (Å²) in [7, 11) is 0. The van der Waals surface area contributed by atoms with Gasteiger partial charge in [-0.3, -0.25) is 34.2 Å². The van der Waals surface area contributed by atoms with Gasteiger partial charge in [0.25, 0.3) is 5.91 Å². The maximum atomic E-state index is 14.4. The van der Waals surface area contributed by atoms with Crippen molar-refractivity contribution >= 4 is 41.2 Å². The van der Waals surface area contributed by atoms with Crippen molar-refractivity contribution in [3.05, 3.63) is 35.9 Å². The number of hydrazine groups is 2. The summed E-state index contributed by atoms with van der Waals surface area (Å²) >= 11 is 0. The average molecular weight is 738 g/mol. The van der Waals surface area contributed by atoms with Crippen LogP contribution in [0.15, 0.2) is 35.4 Å². The second kappa shape index (κ2) is 19.5. The second-order valence-electron chi connectivity index (χ2n) is 15.3. The Labute approximate surface area is 312 Å². The lowest BCUT2D eigenvalue weighted by atomic mass is 9.92. The molecule has 0 aromatic heterocycles. The fraction of sp³-hybridized carbons (Fsp3) is 0.658. The summed E-state index contributed by atoms with van der Waals surface area (Å²) in [4.78, 5) is 83.2. The summed E-state index contributed by atoms with van der Waals surface area (Å²) in [6, 6.07) is 5.19. The first kappa shape index (κ1) is 41.2. The number of benzene rings is 1. The Morgan fingerprint density at radius 1 is 0.887 bits per heavy atom. The minimum atomic E-state index is -1.05. The third kappa shape index (κ3) is 11.0. The maximum Gasteiger partial charge on any atom is 0.290 e. The summed E-state index contributed by atoms with van der Waals surface area (Å²) in [6.07, 6.45) is 5.60. The number of amidine groups is 1. The number of hydrogen-bond donors (Lipinski definition) is 7. The number of carbonyl (C=O) groups excluding carboxylic acids is 6. The molecule has 15 heteroatoms. The molecular formula is C38H59N9O6. The highest BCUT2D eigenvalue weighted by Crippen LogP contribution is 2.42. The highest BCUT2D eigenvalue weighted by Gasteiger charge is 2.51. The number of hydrogen-bond acceptors (Lipinski definition) is 10. The largest absolute Gasteiger partial charge is 0.344 e. The van der Waals surface area contributed by atoms with Crippen LogP contribution in [0.4, 0.5) is 0 Å². The number of unbranched alkanes of at least 4 members (excludes halogenated alkanes) is 1. The van der Waals surface area contributed by atoms with Crippen LogP contribution in [0, 0.1) is 23.7 Å². The minimum absolute atomic E-state index is 0.0986. The Morgan fingerprint density at radius 2 is 1.60 bits per heavy atom. The van der Waals surface area contributed by atoms with E-state index in [1.807, 2.05) is 65.0 Å². The lowest BCUT2D eigenvalue weighted by molar-refractivity contribution is -0.145. The van der Waals surface area contributed by atoms with E-state index in [0.29, 0.717) is 25.8 Å². The fourth-order valence-electron chi connectivity index (χ4n) is 7.57. The molecule has 1 aromatic rings. The Morgan fingerprint density at radius 3 is 2.25 bits per heavy atom. The first-order valence-corrected chi connectivity index (χ1v) is 19.2. The molecule has 1 saturated heterocycles. The number of hydrazone groups is 1. The van der Waals surface area contributed by atoms with Crippen LogP contribution in [0.5, 0.6) is 0 Å². The first-order chi connectivity index (χ1) is 25.3. The molecule has 3 aliphatic rings. The molecule has 1 aliphatic carbocycles. The summed E-state index contributed by atoms with van der Waals surface area (Å²) in [5.41, 5.74) is 8.99. The fourth-order valence-corrected chi connectivity index (χ4v) is 7.57. The van der Waals surface area contributed by atoms with Gasteiger partial charge in [-0.2, -0.15) is 0 Å². The summed E-state index contributed by atoms with van der Waals surface area (Å²) < 4.78 is 0. The van der Waals surface area contributed by atoms with Crippen molar-refractivity contribution in [1.29, 1.82) is 0 Å². The normalized spacial score (nSPS) is 21.4. The Hall–Kier alpha value is -4.53. The van der Waals surface area contributed by atoms with Crippen LogP contribution in [-0.4, -0.2) is 76.8 Å². The third-order valence-electron chi connectivity index (χ3n) is 10.5. The summed E-state index contributed by atoms with van der Waals surface area (Å²) in [6.45, 7) is 11.4. The molecule has 5 amide bonds. The van der Waals surface area contributed by atoms with Crippen LogP contribution in [0.25, 0.3) is 0 Å². The van der Waals surface area contributed by atoms with E-state index in [1.54, 1.807) is 11.8 Å². The van der Waals surface area contributed by atoms with Crippen LogP contribution in [0.2, 0.25) is 0 Å². The molecule has 53 heavy (non-hydrogen) atoms. The van der Waals surface area contributed by atoms with E-state index in [1.165, 1.54) is 0 Å². The van der Waals surface area contributed by atoms with E-state index in [-0.39, 0.29) is 48.3 Å². The minimum Gasteiger partial charge on any atom is -0.344 e. The highest BCUT2D eigenvalue weighted by molar-refractivity contribution is 6.38. The van der Waals surface area contributed by atoms with Gasteiger partial charge in [0.15, 0.2) is 0 Å². The molecule has 7 atom stereocenters. The number of nitrogens with zero attached hydrogens (tertiary/aromatic N) is 2. The molecular weight excluding hydrogens is 678 g/mol. The molecule has 0 spiro atoms. The first-order valence-electron chi connectivity index (χ1n) is 19.2. The Bertz CT molecular complexity index is 1490. The van der Waals surface area contributed by atoms with E-state index in [4.69, 9.17) is 0 Å². The van der Waals surface area contributed by atoms with Gasteiger partial charge in [-0.05, 0) is 68.3 Å². The predicted octanol–water partition coefficient (Wildman–Crippen LogP) is 2.11. The lowest BCUT2D eigenvalue weighted by Gasteiger charge is -2.34. The smallest absolute Gasteiger partial charge is 0.290 e. The average Bonchev–Trinajstić information content (AvgIpc) is 3.89. The Balaban J connectivity index is 1.42. The Kier molecular flexibility index (Phi) is 15.2. The number of rotatable bonds is 19. The van der Waals surface area contributed by atoms with Gasteiger partial charge >= 0.3 is 0 Å². The van der Waals surface area contributed by atoms with Crippen LogP contribution in [0.3, 0.4) is 0 Å². The predicted molar refractivity (Wildman–Crippen MR) is 200 cm³/mol. The molecule has 1 saturated carbocycles. The van der Waals surface area contributed by atoms with Crippen molar-refractivity contribution in [2.75, 3.05) is 6.54 Å². The standard InChI is InChI=1S/C38H59N9O6/c1-7-14-28(34(49)37(52)39-24(6)25-15-9-8-10-16-25)40-36(51)33-27-18-13-17-26(27)21-47(33)38(53)32(23(4)5)42-35(50)31(22(2)3)41-30(48)20-12-11-19-29-43-45-46-44-29/h8-10,15-16,22-24,26-28,31-33,45-46H,7,11-14,17-21H2,1-6H3,(H,39,52)(H,40,51)(H,41,48)(H,42,50)(H,43,44)/t24-,26+,27+,28?,31+,32+,33+/m1/s1. The molecule has 2 aliphatic heterocycles. The highest BCUT2D eigenvalue weighted by atomic mass is 16.2. The second-order valence-corrected chi connectivity index (χ2v) is 15.3.